The van der Waals surface area contributed by atoms with Gasteiger partial charge in [-0.05, 0) is 11.2 Å². The molecule has 0 radical (unpaired) electrons. The fourth-order valence-electron chi connectivity index (χ4n) is 0.152. The molecule has 0 spiro atoms. The normalized spacial score (nSPS) is 10.2. The first-order chi connectivity index (χ1) is 2.91. The van der Waals surface area contributed by atoms with Crippen molar-refractivity contribution in [3.8, 4) is 0 Å². The molecule has 0 atom stereocenters. The van der Waals surface area contributed by atoms with E-state index in [1.54, 1.807) is 18.0 Å². The molecule has 0 rings (SSSR count). The van der Waals surface area contributed by atoms with Crippen LogP contribution in [0.2, 0.25) is 0 Å². The summed E-state index contributed by atoms with van der Waals surface area (Å²) in [5, 5.41) is 1.88. The molecule has 0 saturated carbocycles. The minimum Gasteiger partial charge on any atom is -0.404 e. The minimum absolute atomic E-state index is 1.10. The van der Waals surface area contributed by atoms with E-state index in [0.717, 1.165) is 5.75 Å². The van der Waals surface area contributed by atoms with Gasteiger partial charge in [-0.2, -0.15) is 0 Å². The summed E-state index contributed by atoms with van der Waals surface area (Å²) in [5.74, 6) is 1.10. The van der Waals surface area contributed by atoms with E-state index < -0.39 is 0 Å². The van der Waals surface area contributed by atoms with E-state index in [2.05, 4.69) is 6.92 Å². The maximum atomic E-state index is 5.01. The van der Waals surface area contributed by atoms with Gasteiger partial charge in [-0.1, -0.05) is 6.92 Å². The number of rotatable bonds is 2. The first-order valence-electron chi connectivity index (χ1n) is 1.90. The van der Waals surface area contributed by atoms with E-state index in [4.69, 9.17) is 5.73 Å². The van der Waals surface area contributed by atoms with Gasteiger partial charge >= 0.3 is 0 Å². The maximum Gasteiger partial charge on any atom is 0.000182 e. The number of nitrogens with two attached hydrogens (primary N) is 1. The highest BCUT2D eigenvalue weighted by Crippen LogP contribution is 1.96. The molecule has 0 aliphatic rings. The summed E-state index contributed by atoms with van der Waals surface area (Å²) in [4.78, 5) is 0. The van der Waals surface area contributed by atoms with E-state index in [1.807, 2.05) is 5.41 Å². The van der Waals surface area contributed by atoms with Crippen molar-refractivity contribution in [2.45, 2.75) is 6.92 Å². The Bertz CT molecular complexity index is 42.8. The summed E-state index contributed by atoms with van der Waals surface area (Å²) >= 11 is 1.70. The molecule has 36 valence electrons. The molecule has 0 saturated heterocycles. The van der Waals surface area contributed by atoms with Gasteiger partial charge < -0.3 is 5.73 Å². The molecule has 0 unspecified atom stereocenters. The first-order valence-corrected chi connectivity index (χ1v) is 2.95. The fourth-order valence-corrected chi connectivity index (χ4v) is 0.455. The van der Waals surface area contributed by atoms with Gasteiger partial charge in [-0.25, -0.2) is 0 Å². The topological polar surface area (TPSA) is 26.0 Å². The summed E-state index contributed by atoms with van der Waals surface area (Å²) in [6, 6.07) is 0. The molecular formula is C4H9NS. The zero-order chi connectivity index (χ0) is 4.83. The predicted molar refractivity (Wildman–Crippen MR) is 31.5 cm³/mol. The Morgan fingerprint density at radius 3 is 2.67 bits per heavy atom. The molecular weight excluding hydrogens is 94.1 g/mol. The number of hydrogen-bond acceptors (Lipinski definition) is 2. The second kappa shape index (κ2) is 4.89. The van der Waals surface area contributed by atoms with Crippen LogP contribution in [0.3, 0.4) is 0 Å². The van der Waals surface area contributed by atoms with Crippen LogP contribution in [-0.2, 0) is 0 Å². The lowest BCUT2D eigenvalue weighted by Gasteiger charge is -1.77. The van der Waals surface area contributed by atoms with Crippen molar-refractivity contribution in [3.05, 3.63) is 11.6 Å². The second-order valence-electron chi connectivity index (χ2n) is 0.784. The van der Waals surface area contributed by atoms with Gasteiger partial charge in [0.15, 0.2) is 0 Å². The van der Waals surface area contributed by atoms with Crippen molar-refractivity contribution < 1.29 is 0 Å². The van der Waals surface area contributed by atoms with Crippen LogP contribution < -0.4 is 5.73 Å². The van der Waals surface area contributed by atoms with Gasteiger partial charge in [-0.3, -0.25) is 0 Å². The monoisotopic (exact) mass is 103 g/mol. The Hall–Kier alpha value is -0.110. The predicted octanol–water partition coefficient (Wildman–Crippen LogP) is 1.17. The Morgan fingerprint density at radius 2 is 2.50 bits per heavy atom. The highest BCUT2D eigenvalue weighted by Gasteiger charge is 1.64. The van der Waals surface area contributed by atoms with Gasteiger partial charge in [0.25, 0.3) is 0 Å². The molecule has 0 heterocycles. The van der Waals surface area contributed by atoms with Crippen LogP contribution in [0.15, 0.2) is 11.6 Å². The van der Waals surface area contributed by atoms with E-state index >= 15 is 0 Å². The molecule has 1 nitrogen and oxygen atoms in total. The Morgan fingerprint density at radius 1 is 1.83 bits per heavy atom. The third-order valence-corrected chi connectivity index (χ3v) is 1.02. The average Bonchev–Trinajstić information content (AvgIpc) is 1.61. The number of hydrogen-bond donors (Lipinski definition) is 1. The standard InChI is InChI=1S/C4H9NS/c1-2-6-4-3-5/h3-4H,2,5H2,1H3/b4-3-. The van der Waals surface area contributed by atoms with Crippen LogP contribution in [0.25, 0.3) is 0 Å². The van der Waals surface area contributed by atoms with Crippen molar-refractivity contribution in [1.29, 1.82) is 0 Å². The average molecular weight is 103 g/mol. The quantitative estimate of drug-likeness (QED) is 0.567. The van der Waals surface area contributed by atoms with E-state index in [-0.39, 0.29) is 0 Å². The highest BCUT2D eigenvalue weighted by molar-refractivity contribution is 8.02. The SMILES string of the molecule is CCS/C=C\N. The smallest absolute Gasteiger partial charge is 0.000182 e. The molecule has 0 aromatic heterocycles. The molecule has 0 amide bonds. The third kappa shape index (κ3) is 3.89. The van der Waals surface area contributed by atoms with Crippen molar-refractivity contribution in [2.75, 3.05) is 5.75 Å². The van der Waals surface area contributed by atoms with Gasteiger partial charge in [0.1, 0.15) is 0 Å². The van der Waals surface area contributed by atoms with Crippen molar-refractivity contribution >= 4 is 11.8 Å². The summed E-state index contributed by atoms with van der Waals surface area (Å²) in [6.07, 6.45) is 1.55. The lowest BCUT2D eigenvalue weighted by Crippen LogP contribution is -1.72. The largest absolute Gasteiger partial charge is 0.404 e. The summed E-state index contributed by atoms with van der Waals surface area (Å²) in [5.41, 5.74) is 5.01. The molecule has 0 aromatic rings. The summed E-state index contributed by atoms with van der Waals surface area (Å²) < 4.78 is 0. The van der Waals surface area contributed by atoms with Crippen molar-refractivity contribution in [2.24, 2.45) is 5.73 Å². The molecule has 6 heavy (non-hydrogen) atoms. The Balaban J connectivity index is 2.66. The zero-order valence-electron chi connectivity index (χ0n) is 3.85. The van der Waals surface area contributed by atoms with Crippen molar-refractivity contribution in [3.63, 3.8) is 0 Å². The van der Waals surface area contributed by atoms with E-state index in [9.17, 15) is 0 Å². The van der Waals surface area contributed by atoms with Gasteiger partial charge in [-0.15, -0.1) is 11.8 Å². The molecule has 0 fully saturated rings. The molecule has 0 aliphatic carbocycles. The van der Waals surface area contributed by atoms with Crippen LogP contribution in [0.5, 0.6) is 0 Å². The molecule has 0 aliphatic heterocycles. The molecule has 0 aromatic carbocycles. The maximum absolute atomic E-state index is 5.01. The summed E-state index contributed by atoms with van der Waals surface area (Å²) in [6.45, 7) is 2.09. The van der Waals surface area contributed by atoms with E-state index in [1.165, 1.54) is 0 Å². The zero-order valence-corrected chi connectivity index (χ0v) is 4.66. The van der Waals surface area contributed by atoms with Crippen LogP contribution >= 0.6 is 11.8 Å². The van der Waals surface area contributed by atoms with Crippen LogP contribution in [0.4, 0.5) is 0 Å². The molecule has 2 heteroatoms. The molecule has 0 bridgehead atoms. The van der Waals surface area contributed by atoms with Crippen LogP contribution in [-0.4, -0.2) is 5.75 Å². The van der Waals surface area contributed by atoms with Gasteiger partial charge in [0.2, 0.25) is 0 Å². The highest BCUT2D eigenvalue weighted by atomic mass is 32.2. The third-order valence-electron chi connectivity index (χ3n) is 0.341. The minimum atomic E-state index is 1.10. The van der Waals surface area contributed by atoms with Crippen LogP contribution in [0.1, 0.15) is 6.92 Å². The molecule has 2 N–H and O–H groups in total. The van der Waals surface area contributed by atoms with E-state index in [0.29, 0.717) is 0 Å². The van der Waals surface area contributed by atoms with Gasteiger partial charge in [0.05, 0.1) is 0 Å². The number of thioether (sulfide) groups is 1. The van der Waals surface area contributed by atoms with Crippen molar-refractivity contribution in [1.82, 2.24) is 0 Å². The van der Waals surface area contributed by atoms with Gasteiger partial charge in [0, 0.05) is 6.20 Å². The lowest BCUT2D eigenvalue weighted by atomic mass is 11.0. The summed E-state index contributed by atoms with van der Waals surface area (Å²) in [7, 11) is 0. The second-order valence-corrected chi connectivity index (χ2v) is 1.97. The Kier molecular flexibility index (Phi) is 4.80. The Labute approximate surface area is 42.6 Å². The lowest BCUT2D eigenvalue weighted by molar-refractivity contribution is 1.53. The first kappa shape index (κ1) is 5.89. The fraction of sp³-hybridized carbons (Fsp3) is 0.500. The van der Waals surface area contributed by atoms with Crippen LogP contribution in [0, 0.1) is 0 Å².